The van der Waals surface area contributed by atoms with Crippen LogP contribution in [-0.4, -0.2) is 25.7 Å². The maximum Gasteiger partial charge on any atom is 0.336 e. The maximum absolute atomic E-state index is 12.5. The quantitative estimate of drug-likeness (QED) is 0.833. The number of benzene rings is 1. The Bertz CT molecular complexity index is 744. The molecule has 0 radical (unpaired) electrons. The van der Waals surface area contributed by atoms with Crippen molar-refractivity contribution in [1.29, 1.82) is 0 Å². The van der Waals surface area contributed by atoms with E-state index in [1.807, 2.05) is 42.5 Å². The lowest BCUT2D eigenvalue weighted by molar-refractivity contribution is -0.139. The summed E-state index contributed by atoms with van der Waals surface area (Å²) in [7, 11) is 1.33. The maximum atomic E-state index is 12.5. The van der Waals surface area contributed by atoms with E-state index in [4.69, 9.17) is 9.47 Å². The van der Waals surface area contributed by atoms with Crippen molar-refractivity contribution in [2.45, 2.75) is 20.8 Å². The van der Waals surface area contributed by atoms with Crippen molar-refractivity contribution in [3.8, 4) is 0 Å². The third-order valence-corrected chi connectivity index (χ3v) is 3.99. The molecule has 0 fully saturated rings. The first-order chi connectivity index (χ1) is 12.0. The van der Waals surface area contributed by atoms with Crippen LogP contribution in [0.3, 0.4) is 0 Å². The fourth-order valence-electron chi connectivity index (χ4n) is 2.87. The van der Waals surface area contributed by atoms with E-state index in [9.17, 15) is 9.59 Å². The van der Waals surface area contributed by atoms with E-state index in [2.05, 4.69) is 5.32 Å². The van der Waals surface area contributed by atoms with Crippen LogP contribution in [0.25, 0.3) is 6.08 Å². The lowest BCUT2D eigenvalue weighted by Gasteiger charge is -2.28. The highest BCUT2D eigenvalue weighted by Crippen LogP contribution is 2.32. The Balaban J connectivity index is 2.49. The average molecular weight is 341 g/mol. The summed E-state index contributed by atoms with van der Waals surface area (Å²) in [6.07, 6.45) is 3.72. The predicted octanol–water partition coefficient (Wildman–Crippen LogP) is 3.20. The molecule has 0 spiro atoms. The van der Waals surface area contributed by atoms with Crippen LogP contribution >= 0.6 is 0 Å². The number of carbonyl (C=O) groups is 2. The molecule has 1 aliphatic heterocycles. The molecule has 0 aromatic heterocycles. The van der Waals surface area contributed by atoms with E-state index in [0.717, 1.165) is 5.56 Å². The molecule has 25 heavy (non-hydrogen) atoms. The first kappa shape index (κ1) is 18.5. The molecule has 0 saturated heterocycles. The Kier molecular flexibility index (Phi) is 6.17. The predicted molar refractivity (Wildman–Crippen MR) is 96.2 cm³/mol. The first-order valence-corrected chi connectivity index (χ1v) is 8.16. The molecule has 5 heteroatoms. The van der Waals surface area contributed by atoms with Gasteiger partial charge in [-0.3, -0.25) is 0 Å². The van der Waals surface area contributed by atoms with E-state index in [0.29, 0.717) is 22.5 Å². The zero-order valence-electron chi connectivity index (χ0n) is 15.0. The minimum Gasteiger partial charge on any atom is -0.466 e. The summed E-state index contributed by atoms with van der Waals surface area (Å²) >= 11 is 0. The van der Waals surface area contributed by atoms with Crippen molar-refractivity contribution in [2.75, 3.05) is 13.7 Å². The Morgan fingerprint density at radius 1 is 1.08 bits per heavy atom. The summed E-state index contributed by atoms with van der Waals surface area (Å²) in [6, 6.07) is 9.69. The van der Waals surface area contributed by atoms with E-state index in [1.54, 1.807) is 20.8 Å². The van der Waals surface area contributed by atoms with Gasteiger partial charge in [-0.25, -0.2) is 9.59 Å². The SMILES string of the molecule is CCOC(=O)C1=C(C)NC(C)=C(C(=O)OC)[C@@H]1/C=C/c1ccccc1. The molecule has 0 saturated carbocycles. The van der Waals surface area contributed by atoms with E-state index in [-0.39, 0.29) is 6.61 Å². The second kappa shape index (κ2) is 8.33. The number of allylic oxidation sites excluding steroid dienone is 3. The van der Waals surface area contributed by atoms with E-state index < -0.39 is 17.9 Å². The average Bonchev–Trinajstić information content (AvgIpc) is 2.60. The Hall–Kier alpha value is -2.82. The molecule has 132 valence electrons. The van der Waals surface area contributed by atoms with Gasteiger partial charge in [-0.2, -0.15) is 0 Å². The number of esters is 2. The van der Waals surface area contributed by atoms with Crippen LogP contribution < -0.4 is 5.32 Å². The van der Waals surface area contributed by atoms with Crippen molar-refractivity contribution in [3.05, 3.63) is 64.5 Å². The number of ether oxygens (including phenoxy) is 2. The van der Waals surface area contributed by atoms with Crippen molar-refractivity contribution in [3.63, 3.8) is 0 Å². The topological polar surface area (TPSA) is 64.6 Å². The summed E-state index contributed by atoms with van der Waals surface area (Å²) in [5.41, 5.74) is 3.14. The van der Waals surface area contributed by atoms with Crippen molar-refractivity contribution >= 4 is 18.0 Å². The lowest BCUT2D eigenvalue weighted by Crippen LogP contribution is -2.32. The highest BCUT2D eigenvalue weighted by atomic mass is 16.5. The van der Waals surface area contributed by atoms with E-state index in [1.165, 1.54) is 7.11 Å². The highest BCUT2D eigenvalue weighted by molar-refractivity contribution is 5.98. The highest BCUT2D eigenvalue weighted by Gasteiger charge is 2.34. The monoisotopic (exact) mass is 341 g/mol. The van der Waals surface area contributed by atoms with Gasteiger partial charge < -0.3 is 14.8 Å². The molecule has 5 nitrogen and oxygen atoms in total. The number of methoxy groups -OCH3 is 1. The van der Waals surface area contributed by atoms with Gasteiger partial charge in [0.15, 0.2) is 0 Å². The molecule has 0 unspecified atom stereocenters. The van der Waals surface area contributed by atoms with Gasteiger partial charge in [0.25, 0.3) is 0 Å². The van der Waals surface area contributed by atoms with Crippen LogP contribution in [0.5, 0.6) is 0 Å². The van der Waals surface area contributed by atoms with Crippen molar-refractivity contribution in [2.24, 2.45) is 5.92 Å². The van der Waals surface area contributed by atoms with Crippen molar-refractivity contribution < 1.29 is 19.1 Å². The fourth-order valence-corrected chi connectivity index (χ4v) is 2.87. The molecule has 2 rings (SSSR count). The van der Waals surface area contributed by atoms with Crippen LogP contribution in [-0.2, 0) is 19.1 Å². The molecule has 1 N–H and O–H groups in total. The zero-order valence-corrected chi connectivity index (χ0v) is 15.0. The molecule has 1 aromatic carbocycles. The number of nitrogens with one attached hydrogen (secondary N) is 1. The van der Waals surface area contributed by atoms with Crippen LogP contribution in [0.1, 0.15) is 26.3 Å². The molecule has 0 bridgehead atoms. The van der Waals surface area contributed by atoms with Gasteiger partial charge in [0.2, 0.25) is 0 Å². The summed E-state index contributed by atoms with van der Waals surface area (Å²) in [5, 5.41) is 3.09. The minimum atomic E-state index is -0.534. The van der Waals surface area contributed by atoms with E-state index >= 15 is 0 Å². The Morgan fingerprint density at radius 2 is 1.68 bits per heavy atom. The molecular weight excluding hydrogens is 318 g/mol. The smallest absolute Gasteiger partial charge is 0.336 e. The fraction of sp³-hybridized carbons (Fsp3) is 0.300. The molecular formula is C20H23NO4. The third kappa shape index (κ3) is 4.18. The zero-order chi connectivity index (χ0) is 18.4. The Morgan fingerprint density at radius 3 is 2.24 bits per heavy atom. The summed E-state index contributed by atoms with van der Waals surface area (Å²) < 4.78 is 10.1. The van der Waals surface area contributed by atoms with Gasteiger partial charge in [0.1, 0.15) is 0 Å². The number of hydrogen-bond acceptors (Lipinski definition) is 5. The number of dihydropyridines is 1. The van der Waals surface area contributed by atoms with Gasteiger partial charge in [0.05, 0.1) is 24.9 Å². The first-order valence-electron chi connectivity index (χ1n) is 8.16. The van der Waals surface area contributed by atoms with Gasteiger partial charge in [-0.1, -0.05) is 42.5 Å². The van der Waals surface area contributed by atoms with Crippen LogP contribution in [0.4, 0.5) is 0 Å². The number of hydrogen-bond donors (Lipinski definition) is 1. The van der Waals surface area contributed by atoms with Crippen LogP contribution in [0.2, 0.25) is 0 Å². The van der Waals surface area contributed by atoms with Gasteiger partial charge >= 0.3 is 11.9 Å². The van der Waals surface area contributed by atoms with Crippen LogP contribution in [0.15, 0.2) is 58.9 Å². The Labute approximate surface area is 148 Å². The standard InChI is InChI=1S/C20H23NO4/c1-5-25-20(23)18-14(3)21-13(2)17(19(22)24-4)16(18)12-11-15-9-7-6-8-10-15/h6-12,16,21H,5H2,1-4H3/b12-11+/t16-/m0/s1. The third-order valence-electron chi connectivity index (χ3n) is 3.99. The van der Waals surface area contributed by atoms with Crippen LogP contribution in [0, 0.1) is 5.92 Å². The van der Waals surface area contributed by atoms with Gasteiger partial charge in [-0.05, 0) is 26.3 Å². The largest absolute Gasteiger partial charge is 0.466 e. The minimum absolute atomic E-state index is 0.265. The number of rotatable bonds is 5. The second-order valence-corrected chi connectivity index (χ2v) is 5.66. The molecule has 0 aliphatic carbocycles. The molecule has 1 atom stereocenters. The summed E-state index contributed by atoms with van der Waals surface area (Å²) in [5.74, 6) is -1.45. The second-order valence-electron chi connectivity index (χ2n) is 5.66. The normalized spacial score (nSPS) is 17.5. The van der Waals surface area contributed by atoms with Gasteiger partial charge in [-0.15, -0.1) is 0 Å². The number of carbonyl (C=O) groups excluding carboxylic acids is 2. The van der Waals surface area contributed by atoms with Gasteiger partial charge in [0, 0.05) is 17.3 Å². The molecule has 1 aliphatic rings. The molecule has 1 heterocycles. The lowest BCUT2D eigenvalue weighted by atomic mass is 9.85. The molecule has 1 aromatic rings. The summed E-state index contributed by atoms with van der Waals surface area (Å²) in [6.45, 7) is 5.61. The molecule has 0 amide bonds. The van der Waals surface area contributed by atoms with Crippen molar-refractivity contribution in [1.82, 2.24) is 5.32 Å². The summed E-state index contributed by atoms with van der Waals surface area (Å²) in [4.78, 5) is 24.8.